The summed E-state index contributed by atoms with van der Waals surface area (Å²) >= 11 is 0. The van der Waals surface area contributed by atoms with Crippen molar-refractivity contribution in [2.75, 3.05) is 6.61 Å². The van der Waals surface area contributed by atoms with Crippen LogP contribution in [0.1, 0.15) is 122 Å². The standard InChI is InChI=1S/C24H46O3/c1-3-5-6-7-8-9-10-11-12-13-14-15-18-23(20-21-24(25)26)19-16-17-22-27-4-2/h4,23H,2-3,5-22H2,1H3,(H,25,26). The van der Waals surface area contributed by atoms with Gasteiger partial charge in [0.15, 0.2) is 0 Å². The van der Waals surface area contributed by atoms with Crippen LogP contribution in [0.5, 0.6) is 0 Å². The second-order valence-electron chi connectivity index (χ2n) is 8.01. The molecular weight excluding hydrogens is 336 g/mol. The first-order valence-electron chi connectivity index (χ1n) is 11.6. The largest absolute Gasteiger partial charge is 0.502 e. The van der Waals surface area contributed by atoms with E-state index in [1.807, 2.05) is 0 Å². The molecule has 0 aliphatic heterocycles. The van der Waals surface area contributed by atoms with Crippen molar-refractivity contribution in [1.29, 1.82) is 0 Å². The van der Waals surface area contributed by atoms with Crippen LogP contribution in [0.4, 0.5) is 0 Å². The molecule has 27 heavy (non-hydrogen) atoms. The van der Waals surface area contributed by atoms with Crippen LogP contribution in [-0.2, 0) is 9.53 Å². The Morgan fingerprint density at radius 3 is 1.78 bits per heavy atom. The van der Waals surface area contributed by atoms with E-state index in [4.69, 9.17) is 9.84 Å². The Morgan fingerprint density at radius 2 is 1.30 bits per heavy atom. The number of hydrogen-bond donors (Lipinski definition) is 1. The average Bonchev–Trinajstić information content (AvgIpc) is 2.65. The Balaban J connectivity index is 3.58. The Hall–Kier alpha value is -0.990. The van der Waals surface area contributed by atoms with E-state index in [-0.39, 0.29) is 0 Å². The van der Waals surface area contributed by atoms with E-state index < -0.39 is 5.97 Å². The number of unbranched alkanes of at least 4 members (excludes halogenated alkanes) is 12. The normalized spacial score (nSPS) is 12.0. The molecule has 0 aliphatic carbocycles. The second kappa shape index (κ2) is 21.3. The van der Waals surface area contributed by atoms with Gasteiger partial charge in [0, 0.05) is 6.42 Å². The maximum absolute atomic E-state index is 10.9. The fraction of sp³-hybridized carbons (Fsp3) is 0.875. The van der Waals surface area contributed by atoms with Gasteiger partial charge in [-0.25, -0.2) is 0 Å². The summed E-state index contributed by atoms with van der Waals surface area (Å²) in [5, 5.41) is 8.95. The van der Waals surface area contributed by atoms with Crippen molar-refractivity contribution in [2.45, 2.75) is 122 Å². The third kappa shape index (κ3) is 21.2. The average molecular weight is 383 g/mol. The Labute approximate surface area is 169 Å². The highest BCUT2D eigenvalue weighted by molar-refractivity contribution is 5.66. The Kier molecular flexibility index (Phi) is 20.5. The van der Waals surface area contributed by atoms with Crippen molar-refractivity contribution < 1.29 is 14.6 Å². The highest BCUT2D eigenvalue weighted by Crippen LogP contribution is 2.22. The van der Waals surface area contributed by atoms with Crippen LogP contribution in [0.15, 0.2) is 12.8 Å². The number of rotatable bonds is 22. The lowest BCUT2D eigenvalue weighted by Crippen LogP contribution is -2.05. The molecule has 0 saturated carbocycles. The van der Waals surface area contributed by atoms with Crippen molar-refractivity contribution in [1.82, 2.24) is 0 Å². The van der Waals surface area contributed by atoms with Gasteiger partial charge in [0.2, 0.25) is 0 Å². The van der Waals surface area contributed by atoms with Gasteiger partial charge in [0.05, 0.1) is 12.9 Å². The summed E-state index contributed by atoms with van der Waals surface area (Å²) in [6.45, 7) is 6.55. The minimum atomic E-state index is -0.662. The van der Waals surface area contributed by atoms with Crippen molar-refractivity contribution >= 4 is 5.97 Å². The van der Waals surface area contributed by atoms with E-state index in [1.165, 1.54) is 89.7 Å². The molecule has 0 aromatic rings. The molecule has 0 aromatic heterocycles. The lowest BCUT2D eigenvalue weighted by Gasteiger charge is -2.16. The van der Waals surface area contributed by atoms with E-state index >= 15 is 0 Å². The van der Waals surface area contributed by atoms with Crippen molar-refractivity contribution in [3.63, 3.8) is 0 Å². The first-order chi connectivity index (χ1) is 13.2. The lowest BCUT2D eigenvalue weighted by molar-refractivity contribution is -0.137. The van der Waals surface area contributed by atoms with Crippen LogP contribution in [0, 0.1) is 5.92 Å². The fourth-order valence-corrected chi connectivity index (χ4v) is 3.74. The van der Waals surface area contributed by atoms with E-state index in [1.54, 1.807) is 0 Å². The summed E-state index contributed by atoms with van der Waals surface area (Å²) in [6.07, 6.45) is 23.6. The molecule has 160 valence electrons. The minimum Gasteiger partial charge on any atom is -0.502 e. The van der Waals surface area contributed by atoms with Gasteiger partial charge < -0.3 is 9.84 Å². The van der Waals surface area contributed by atoms with E-state index in [2.05, 4.69) is 13.5 Å². The molecule has 1 unspecified atom stereocenters. The zero-order chi connectivity index (χ0) is 20.0. The smallest absolute Gasteiger partial charge is 0.303 e. The predicted molar refractivity (Wildman–Crippen MR) is 116 cm³/mol. The molecule has 0 saturated heterocycles. The van der Waals surface area contributed by atoms with Gasteiger partial charge >= 0.3 is 5.97 Å². The summed E-state index contributed by atoms with van der Waals surface area (Å²) in [5.74, 6) is -0.0994. The monoisotopic (exact) mass is 382 g/mol. The van der Waals surface area contributed by atoms with Crippen LogP contribution in [0.3, 0.4) is 0 Å². The first-order valence-corrected chi connectivity index (χ1v) is 11.6. The lowest BCUT2D eigenvalue weighted by atomic mass is 9.91. The van der Waals surface area contributed by atoms with E-state index in [0.717, 1.165) is 32.3 Å². The molecular formula is C24H46O3. The molecule has 3 nitrogen and oxygen atoms in total. The molecule has 0 fully saturated rings. The van der Waals surface area contributed by atoms with Gasteiger partial charge in [-0.15, -0.1) is 0 Å². The number of ether oxygens (including phenoxy) is 1. The topological polar surface area (TPSA) is 46.5 Å². The molecule has 0 rings (SSSR count). The van der Waals surface area contributed by atoms with Crippen molar-refractivity contribution in [2.24, 2.45) is 5.92 Å². The first kappa shape index (κ1) is 26.0. The minimum absolute atomic E-state index is 0.312. The maximum Gasteiger partial charge on any atom is 0.303 e. The number of carboxylic acids is 1. The fourth-order valence-electron chi connectivity index (χ4n) is 3.74. The summed E-state index contributed by atoms with van der Waals surface area (Å²) < 4.78 is 5.16. The van der Waals surface area contributed by atoms with Gasteiger partial charge in [-0.2, -0.15) is 0 Å². The van der Waals surface area contributed by atoms with Gasteiger partial charge in [-0.1, -0.05) is 103 Å². The van der Waals surface area contributed by atoms with Crippen molar-refractivity contribution in [3.05, 3.63) is 12.8 Å². The summed E-state index contributed by atoms with van der Waals surface area (Å²) in [7, 11) is 0. The summed E-state index contributed by atoms with van der Waals surface area (Å²) in [4.78, 5) is 10.9. The molecule has 0 aliphatic rings. The quantitative estimate of drug-likeness (QED) is 0.153. The molecule has 0 amide bonds. The maximum atomic E-state index is 10.9. The van der Waals surface area contributed by atoms with E-state index in [0.29, 0.717) is 12.3 Å². The van der Waals surface area contributed by atoms with Crippen LogP contribution in [0.25, 0.3) is 0 Å². The van der Waals surface area contributed by atoms with Gasteiger partial charge in [-0.3, -0.25) is 4.79 Å². The highest BCUT2D eigenvalue weighted by atomic mass is 16.5. The number of carbonyl (C=O) groups is 1. The number of aliphatic carboxylic acids is 1. The molecule has 0 heterocycles. The van der Waals surface area contributed by atoms with Crippen LogP contribution < -0.4 is 0 Å². The Morgan fingerprint density at radius 1 is 0.815 bits per heavy atom. The van der Waals surface area contributed by atoms with Crippen molar-refractivity contribution in [3.8, 4) is 0 Å². The third-order valence-electron chi connectivity index (χ3n) is 5.47. The molecule has 0 radical (unpaired) electrons. The molecule has 0 bridgehead atoms. The molecule has 1 N–H and O–H groups in total. The predicted octanol–water partition coefficient (Wildman–Crippen LogP) is 7.89. The third-order valence-corrected chi connectivity index (χ3v) is 5.47. The molecule has 1 atom stereocenters. The zero-order valence-electron chi connectivity index (χ0n) is 18.1. The molecule has 0 aromatic carbocycles. The number of hydrogen-bond acceptors (Lipinski definition) is 2. The van der Waals surface area contributed by atoms with Crippen LogP contribution in [-0.4, -0.2) is 17.7 Å². The highest BCUT2D eigenvalue weighted by Gasteiger charge is 2.10. The SMILES string of the molecule is C=COCCCCC(CCCCCCCCCCCCCC)CCC(=O)O. The van der Waals surface area contributed by atoms with Crippen LogP contribution >= 0.6 is 0 Å². The van der Waals surface area contributed by atoms with Gasteiger partial charge in [0.1, 0.15) is 0 Å². The molecule has 3 heteroatoms. The van der Waals surface area contributed by atoms with Gasteiger partial charge in [-0.05, 0) is 25.2 Å². The Bertz CT molecular complexity index is 328. The molecule has 0 spiro atoms. The second-order valence-corrected chi connectivity index (χ2v) is 8.01. The van der Waals surface area contributed by atoms with Gasteiger partial charge in [0.25, 0.3) is 0 Å². The van der Waals surface area contributed by atoms with Crippen LogP contribution in [0.2, 0.25) is 0 Å². The van der Waals surface area contributed by atoms with E-state index in [9.17, 15) is 4.79 Å². The zero-order valence-corrected chi connectivity index (χ0v) is 18.1. The summed E-state index contributed by atoms with van der Waals surface area (Å²) in [6, 6.07) is 0. The number of carboxylic acid groups (broad SMARTS) is 1. The summed E-state index contributed by atoms with van der Waals surface area (Å²) in [5.41, 5.74) is 0.